The molecule has 0 unspecified atom stereocenters. The summed E-state index contributed by atoms with van der Waals surface area (Å²) in [6.45, 7) is 0. The molecule has 0 heterocycles. The molecule has 0 saturated carbocycles. The lowest BCUT2D eigenvalue weighted by Crippen LogP contribution is -2.12. The van der Waals surface area contributed by atoms with Crippen molar-refractivity contribution in [1.82, 2.24) is 0 Å². The first-order valence-electron chi connectivity index (χ1n) is 17.5. The third kappa shape index (κ3) is 5.75. The molecule has 0 atom stereocenters. The predicted molar refractivity (Wildman–Crippen MR) is 218 cm³/mol. The Morgan fingerprint density at radius 3 is 1.39 bits per heavy atom. The summed E-state index contributed by atoms with van der Waals surface area (Å²) in [5.74, 6) is 0. The van der Waals surface area contributed by atoms with Crippen molar-refractivity contribution in [3.63, 3.8) is 0 Å². The molecule has 0 aliphatic rings. The summed E-state index contributed by atoms with van der Waals surface area (Å²) in [6, 6.07) is 76.7. The topological polar surface area (TPSA) is 3.24 Å². The van der Waals surface area contributed by atoms with E-state index in [9.17, 15) is 0 Å². The fraction of sp³-hybridized carbons (Fsp3) is 0. The third-order valence-electron chi connectivity index (χ3n) is 9.86. The molecule has 1 heteroatoms. The maximum absolute atomic E-state index is 2.46. The lowest BCUT2D eigenvalue weighted by Gasteiger charge is -2.30. The molecule has 0 aromatic heterocycles. The number of benzene rings is 9. The minimum Gasteiger partial charge on any atom is -0.309 e. The van der Waals surface area contributed by atoms with Crippen molar-refractivity contribution >= 4 is 38.6 Å². The van der Waals surface area contributed by atoms with Gasteiger partial charge in [0.05, 0.1) is 11.4 Å². The lowest BCUT2D eigenvalue weighted by molar-refractivity contribution is 1.30. The average Bonchev–Trinajstić information content (AvgIpc) is 3.22. The smallest absolute Gasteiger partial charge is 0.0546 e. The van der Waals surface area contributed by atoms with E-state index < -0.39 is 0 Å². The first-order valence-corrected chi connectivity index (χ1v) is 17.5. The van der Waals surface area contributed by atoms with Crippen LogP contribution in [0.2, 0.25) is 0 Å². The molecule has 0 radical (unpaired) electrons. The minimum atomic E-state index is 1.10. The van der Waals surface area contributed by atoms with Gasteiger partial charge in [-0.15, -0.1) is 0 Å². The van der Waals surface area contributed by atoms with E-state index in [1.165, 1.54) is 66.1 Å². The normalized spacial score (nSPS) is 11.1. The summed E-state index contributed by atoms with van der Waals surface area (Å²) in [5, 5.41) is 4.92. The van der Waals surface area contributed by atoms with Gasteiger partial charge in [-0.1, -0.05) is 182 Å². The first kappa shape index (κ1) is 30.4. The van der Waals surface area contributed by atoms with Crippen LogP contribution in [0.1, 0.15) is 0 Å². The van der Waals surface area contributed by atoms with Gasteiger partial charge in [0.2, 0.25) is 0 Å². The van der Waals surface area contributed by atoms with Gasteiger partial charge in [0.25, 0.3) is 0 Å². The van der Waals surface area contributed by atoms with Gasteiger partial charge in [-0.2, -0.15) is 0 Å². The summed E-state index contributed by atoms with van der Waals surface area (Å²) in [5.41, 5.74) is 12.9. The van der Waals surface area contributed by atoms with Gasteiger partial charge in [0.15, 0.2) is 0 Å². The van der Waals surface area contributed by atoms with E-state index in [1.54, 1.807) is 0 Å². The van der Waals surface area contributed by atoms with Crippen molar-refractivity contribution in [2.24, 2.45) is 0 Å². The highest BCUT2D eigenvalue weighted by Crippen LogP contribution is 2.47. The van der Waals surface area contributed by atoms with Crippen molar-refractivity contribution in [2.75, 3.05) is 4.90 Å². The molecular weight excluding hydrogens is 615 g/mol. The first-order chi connectivity index (χ1) is 25.3. The molecule has 1 nitrogen and oxygen atoms in total. The lowest BCUT2D eigenvalue weighted by atomic mass is 9.91. The maximum atomic E-state index is 2.46. The molecule has 9 aromatic rings. The fourth-order valence-electron chi connectivity index (χ4n) is 7.41. The minimum absolute atomic E-state index is 1.10. The van der Waals surface area contributed by atoms with Crippen LogP contribution >= 0.6 is 0 Å². The zero-order valence-electron chi connectivity index (χ0n) is 28.2. The molecule has 0 spiro atoms. The third-order valence-corrected chi connectivity index (χ3v) is 9.86. The average molecular weight is 650 g/mol. The SMILES string of the molecule is c1ccc(-c2ccc(N(c3ccc(-c4ccccc4-c4ccccc4)cc3-c3ccccc3)c3cc4ccccc4c4ccccc34)cc2)cc1. The number of anilines is 3. The fourth-order valence-corrected chi connectivity index (χ4v) is 7.41. The summed E-state index contributed by atoms with van der Waals surface area (Å²) >= 11 is 0. The zero-order chi connectivity index (χ0) is 34.0. The summed E-state index contributed by atoms with van der Waals surface area (Å²) in [4.78, 5) is 2.46. The monoisotopic (exact) mass is 649 g/mol. The second-order valence-electron chi connectivity index (χ2n) is 12.9. The van der Waals surface area contributed by atoms with Gasteiger partial charge in [0, 0.05) is 16.6 Å². The maximum Gasteiger partial charge on any atom is 0.0546 e. The zero-order valence-corrected chi connectivity index (χ0v) is 28.2. The number of fused-ring (bicyclic) bond motifs is 3. The van der Waals surface area contributed by atoms with Crippen LogP contribution in [0.4, 0.5) is 17.1 Å². The van der Waals surface area contributed by atoms with Crippen LogP contribution < -0.4 is 4.90 Å². The Morgan fingerprint density at radius 1 is 0.255 bits per heavy atom. The van der Waals surface area contributed by atoms with Crippen molar-refractivity contribution in [3.8, 4) is 44.5 Å². The molecule has 0 amide bonds. The van der Waals surface area contributed by atoms with Crippen molar-refractivity contribution < 1.29 is 0 Å². The van der Waals surface area contributed by atoms with E-state index >= 15 is 0 Å². The quantitative estimate of drug-likeness (QED) is 0.155. The second-order valence-corrected chi connectivity index (χ2v) is 12.9. The van der Waals surface area contributed by atoms with Gasteiger partial charge < -0.3 is 4.90 Å². The van der Waals surface area contributed by atoms with E-state index in [-0.39, 0.29) is 0 Å². The highest BCUT2D eigenvalue weighted by molar-refractivity contribution is 6.15. The van der Waals surface area contributed by atoms with Gasteiger partial charge in [-0.25, -0.2) is 0 Å². The van der Waals surface area contributed by atoms with Gasteiger partial charge >= 0.3 is 0 Å². The van der Waals surface area contributed by atoms with Crippen LogP contribution in [0.3, 0.4) is 0 Å². The van der Waals surface area contributed by atoms with E-state index in [1.807, 2.05) is 0 Å². The van der Waals surface area contributed by atoms with Gasteiger partial charge in [-0.3, -0.25) is 0 Å². The Kier molecular flexibility index (Phi) is 7.92. The van der Waals surface area contributed by atoms with Crippen LogP contribution in [0.15, 0.2) is 212 Å². The standard InChI is InChI=1S/C50H35N/c1-4-16-36(17-5-1)37-28-31-42(32-29-37)51(50-35-40-22-10-11-25-45(40)46-26-14-15-27-47(46)50)49-33-30-41(34-48(49)39-20-8-3-9-21-39)44-24-13-12-23-43(44)38-18-6-2-7-19-38/h1-35H. The number of hydrogen-bond acceptors (Lipinski definition) is 1. The molecule has 0 saturated heterocycles. The van der Waals surface area contributed by atoms with Crippen LogP contribution in [-0.2, 0) is 0 Å². The van der Waals surface area contributed by atoms with Crippen molar-refractivity contribution in [3.05, 3.63) is 212 Å². The molecule has 9 rings (SSSR count). The summed E-state index contributed by atoms with van der Waals surface area (Å²) in [6.07, 6.45) is 0. The number of nitrogens with zero attached hydrogens (tertiary/aromatic N) is 1. The van der Waals surface area contributed by atoms with E-state index in [2.05, 4.69) is 217 Å². The van der Waals surface area contributed by atoms with Gasteiger partial charge in [-0.05, 0) is 85.4 Å². The molecular formula is C50H35N. The molecule has 0 aliphatic heterocycles. The second kappa shape index (κ2) is 13.3. The Bertz CT molecular complexity index is 2610. The molecule has 0 bridgehead atoms. The van der Waals surface area contributed by atoms with Crippen LogP contribution in [0.25, 0.3) is 66.1 Å². The van der Waals surface area contributed by atoms with E-state index in [0.29, 0.717) is 0 Å². The highest BCUT2D eigenvalue weighted by Gasteiger charge is 2.22. The molecule has 0 fully saturated rings. The van der Waals surface area contributed by atoms with E-state index in [4.69, 9.17) is 0 Å². The molecule has 51 heavy (non-hydrogen) atoms. The molecule has 9 aromatic carbocycles. The Balaban J connectivity index is 1.31. The van der Waals surface area contributed by atoms with Crippen LogP contribution in [-0.4, -0.2) is 0 Å². The highest BCUT2D eigenvalue weighted by atomic mass is 15.1. The Hall–Kier alpha value is -6.70. The summed E-state index contributed by atoms with van der Waals surface area (Å²) in [7, 11) is 0. The summed E-state index contributed by atoms with van der Waals surface area (Å²) < 4.78 is 0. The Morgan fingerprint density at radius 2 is 0.725 bits per heavy atom. The van der Waals surface area contributed by atoms with Crippen molar-refractivity contribution in [2.45, 2.75) is 0 Å². The Labute approximate surface area is 299 Å². The van der Waals surface area contributed by atoms with Gasteiger partial charge in [0.1, 0.15) is 0 Å². The van der Waals surface area contributed by atoms with Crippen molar-refractivity contribution in [1.29, 1.82) is 0 Å². The van der Waals surface area contributed by atoms with Crippen LogP contribution in [0, 0.1) is 0 Å². The molecule has 0 aliphatic carbocycles. The molecule has 0 N–H and O–H groups in total. The number of hydrogen-bond donors (Lipinski definition) is 0. The van der Waals surface area contributed by atoms with E-state index in [0.717, 1.165) is 17.1 Å². The molecule has 240 valence electrons. The largest absolute Gasteiger partial charge is 0.309 e. The van der Waals surface area contributed by atoms with Crippen LogP contribution in [0.5, 0.6) is 0 Å². The number of rotatable bonds is 7. The predicted octanol–water partition coefficient (Wildman–Crippen LogP) is 14.1.